The first kappa shape index (κ1) is 28.3. The lowest BCUT2D eigenvalue weighted by Crippen LogP contribution is -2.23. The van der Waals surface area contributed by atoms with E-state index >= 15 is 0 Å². The van der Waals surface area contributed by atoms with Crippen molar-refractivity contribution in [1.29, 1.82) is 0 Å². The molecule has 0 N–H and O–H groups in total. The van der Waals surface area contributed by atoms with Crippen LogP contribution in [0.2, 0.25) is 0 Å². The van der Waals surface area contributed by atoms with Gasteiger partial charge in [0.15, 0.2) is 11.5 Å². The molecule has 0 amide bonds. The van der Waals surface area contributed by atoms with Crippen molar-refractivity contribution in [2.45, 2.75) is 40.9 Å². The largest absolute Gasteiger partial charge is 0.493 e. The summed E-state index contributed by atoms with van der Waals surface area (Å²) in [5, 5.41) is 4.31. The van der Waals surface area contributed by atoms with Gasteiger partial charge in [0.05, 0.1) is 32.0 Å². The summed E-state index contributed by atoms with van der Waals surface area (Å²) in [7, 11) is 2.62. The van der Waals surface area contributed by atoms with Gasteiger partial charge in [0, 0.05) is 11.6 Å². The third kappa shape index (κ3) is 7.68. The number of rotatable bonds is 7. The van der Waals surface area contributed by atoms with Gasteiger partial charge in [-0.1, -0.05) is 39.8 Å². The van der Waals surface area contributed by atoms with Gasteiger partial charge in [-0.25, -0.2) is 9.48 Å². The molecule has 0 unspecified atom stereocenters. The molecular formula is C25H30F2N2O5. The predicted molar refractivity (Wildman–Crippen MR) is 127 cm³/mol. The molecule has 0 aliphatic carbocycles. The molecule has 0 spiro atoms. The number of methoxy groups -OCH3 is 2. The number of nitrogens with zero attached hydrogens (tertiary/aromatic N) is 2. The molecule has 3 aromatic rings. The van der Waals surface area contributed by atoms with E-state index in [0.717, 1.165) is 0 Å². The van der Waals surface area contributed by atoms with Crippen molar-refractivity contribution >= 4 is 5.97 Å². The molecule has 1 aromatic heterocycles. The quantitative estimate of drug-likeness (QED) is 0.425. The van der Waals surface area contributed by atoms with Gasteiger partial charge < -0.3 is 14.2 Å². The molecule has 184 valence electrons. The maximum Gasteiger partial charge on any atom is 0.387 e. The second kappa shape index (κ2) is 14.4. The van der Waals surface area contributed by atoms with Crippen molar-refractivity contribution in [2.75, 3.05) is 14.2 Å². The Morgan fingerprint density at radius 1 is 0.971 bits per heavy atom. The van der Waals surface area contributed by atoms with Gasteiger partial charge in [0.1, 0.15) is 0 Å². The summed E-state index contributed by atoms with van der Waals surface area (Å²) in [6, 6.07) is 13.9. The van der Waals surface area contributed by atoms with Crippen molar-refractivity contribution in [3.8, 4) is 22.8 Å². The van der Waals surface area contributed by atoms with Crippen LogP contribution in [0, 0.1) is 0 Å². The van der Waals surface area contributed by atoms with Crippen LogP contribution < -0.4 is 15.0 Å². The first-order chi connectivity index (χ1) is 16.4. The topological polar surface area (TPSA) is 79.7 Å². The summed E-state index contributed by atoms with van der Waals surface area (Å²) < 4.78 is 40.8. The maximum atomic E-state index is 12.7. The van der Waals surface area contributed by atoms with E-state index < -0.39 is 12.6 Å². The lowest BCUT2D eigenvalue weighted by Gasteiger charge is -2.12. The van der Waals surface area contributed by atoms with E-state index in [1.807, 2.05) is 27.7 Å². The number of esters is 1. The molecule has 2 aromatic carbocycles. The molecule has 1 heterocycles. The van der Waals surface area contributed by atoms with Crippen LogP contribution in [0.3, 0.4) is 0 Å². The molecule has 3 rings (SSSR count). The summed E-state index contributed by atoms with van der Waals surface area (Å²) >= 11 is 0. The molecule has 0 aliphatic heterocycles. The molecule has 0 radical (unpaired) electrons. The van der Waals surface area contributed by atoms with Crippen LogP contribution in [0.25, 0.3) is 11.3 Å². The summed E-state index contributed by atoms with van der Waals surface area (Å²) in [6.07, 6.45) is 0. The molecule has 0 saturated heterocycles. The first-order valence-electron chi connectivity index (χ1n) is 10.8. The second-order valence-electron chi connectivity index (χ2n) is 6.15. The fraction of sp³-hybridized carbons (Fsp3) is 0.320. The molecule has 0 fully saturated rings. The zero-order valence-corrected chi connectivity index (χ0v) is 20.2. The molecule has 0 aliphatic rings. The van der Waals surface area contributed by atoms with Gasteiger partial charge in [-0.15, -0.1) is 0 Å². The van der Waals surface area contributed by atoms with E-state index in [9.17, 15) is 18.4 Å². The number of ether oxygens (including phenoxy) is 3. The van der Waals surface area contributed by atoms with Crippen molar-refractivity contribution in [1.82, 2.24) is 9.78 Å². The van der Waals surface area contributed by atoms with Crippen molar-refractivity contribution in [2.24, 2.45) is 0 Å². The van der Waals surface area contributed by atoms with E-state index in [4.69, 9.17) is 9.47 Å². The third-order valence-electron chi connectivity index (χ3n) is 4.22. The average Bonchev–Trinajstić information content (AvgIpc) is 2.87. The van der Waals surface area contributed by atoms with E-state index in [0.29, 0.717) is 22.4 Å². The minimum Gasteiger partial charge on any atom is -0.493 e. The molecule has 0 saturated carbocycles. The summed E-state index contributed by atoms with van der Waals surface area (Å²) in [5.74, 6) is -0.488. The Kier molecular flexibility index (Phi) is 12.0. The fourth-order valence-corrected chi connectivity index (χ4v) is 2.83. The molecular weight excluding hydrogens is 446 g/mol. The van der Waals surface area contributed by atoms with Crippen LogP contribution in [0.5, 0.6) is 11.5 Å². The van der Waals surface area contributed by atoms with Gasteiger partial charge >= 0.3 is 12.6 Å². The number of carbonyl (C=O) groups excluding carboxylic acids is 1. The average molecular weight is 477 g/mol. The number of hydrogen-bond acceptors (Lipinski definition) is 6. The SMILES string of the molecule is CC.CC.COC(=O)c1cccc(Cn2nc(-c3ccc(OC)c(OC(F)F)c3)ccc2=O)c1. The molecule has 7 nitrogen and oxygen atoms in total. The first-order valence-corrected chi connectivity index (χ1v) is 10.8. The summed E-state index contributed by atoms with van der Waals surface area (Å²) in [4.78, 5) is 24.0. The van der Waals surface area contributed by atoms with Crippen molar-refractivity contribution < 1.29 is 27.8 Å². The van der Waals surface area contributed by atoms with E-state index in [-0.39, 0.29) is 23.6 Å². The van der Waals surface area contributed by atoms with Gasteiger partial charge in [0.2, 0.25) is 0 Å². The highest BCUT2D eigenvalue weighted by Crippen LogP contribution is 2.32. The van der Waals surface area contributed by atoms with Crippen LogP contribution in [0.4, 0.5) is 8.78 Å². The van der Waals surface area contributed by atoms with Gasteiger partial charge in [-0.2, -0.15) is 13.9 Å². The van der Waals surface area contributed by atoms with E-state index in [2.05, 4.69) is 9.84 Å². The van der Waals surface area contributed by atoms with E-state index in [1.54, 1.807) is 30.3 Å². The molecule has 0 bridgehead atoms. The monoisotopic (exact) mass is 476 g/mol. The van der Waals surface area contributed by atoms with Crippen LogP contribution >= 0.6 is 0 Å². The highest BCUT2D eigenvalue weighted by Gasteiger charge is 2.14. The smallest absolute Gasteiger partial charge is 0.387 e. The Bertz CT molecular complexity index is 1120. The van der Waals surface area contributed by atoms with Gasteiger partial charge in [0.25, 0.3) is 5.56 Å². The highest BCUT2D eigenvalue weighted by molar-refractivity contribution is 5.89. The van der Waals surface area contributed by atoms with Crippen LogP contribution in [-0.2, 0) is 11.3 Å². The number of carbonyl (C=O) groups is 1. The van der Waals surface area contributed by atoms with Gasteiger partial charge in [-0.3, -0.25) is 4.79 Å². The summed E-state index contributed by atoms with van der Waals surface area (Å²) in [5.41, 5.74) is 1.49. The van der Waals surface area contributed by atoms with Crippen LogP contribution in [0.1, 0.15) is 43.6 Å². The van der Waals surface area contributed by atoms with Crippen molar-refractivity contribution in [3.05, 3.63) is 76.1 Å². The standard InChI is InChI=1S/C21H18F2N2O5.2C2H6/c1-28-17-8-6-14(11-18(17)30-21(22)23)16-7-9-19(26)25(24-16)12-13-4-3-5-15(10-13)20(27)29-2;2*1-2/h3-11,21H,12H2,1-2H3;2*1-2H3. The Balaban J connectivity index is 0.00000137. The number of benzene rings is 2. The molecule has 9 heteroatoms. The van der Waals surface area contributed by atoms with Crippen LogP contribution in [-0.4, -0.2) is 36.6 Å². The maximum absolute atomic E-state index is 12.7. The predicted octanol–water partition coefficient (Wildman–Crippen LogP) is 5.41. The Hall–Kier alpha value is -3.75. The lowest BCUT2D eigenvalue weighted by atomic mass is 10.1. The van der Waals surface area contributed by atoms with Crippen molar-refractivity contribution in [3.63, 3.8) is 0 Å². The minimum atomic E-state index is -3.02. The zero-order chi connectivity index (χ0) is 25.7. The lowest BCUT2D eigenvalue weighted by molar-refractivity contribution is -0.0511. The number of halogens is 2. The van der Waals surface area contributed by atoms with Gasteiger partial charge in [-0.05, 0) is 42.0 Å². The summed E-state index contributed by atoms with van der Waals surface area (Å²) in [6.45, 7) is 5.09. The molecule has 34 heavy (non-hydrogen) atoms. The molecule has 0 atom stereocenters. The van der Waals surface area contributed by atoms with E-state index in [1.165, 1.54) is 43.2 Å². The zero-order valence-electron chi connectivity index (χ0n) is 20.2. The normalized spacial score (nSPS) is 9.79. The minimum absolute atomic E-state index is 0.105. The number of aromatic nitrogens is 2. The fourth-order valence-electron chi connectivity index (χ4n) is 2.83. The number of hydrogen-bond donors (Lipinski definition) is 0. The third-order valence-corrected chi connectivity index (χ3v) is 4.22. The van der Waals surface area contributed by atoms with Crippen LogP contribution in [0.15, 0.2) is 59.4 Å². The highest BCUT2D eigenvalue weighted by atomic mass is 19.3. The Morgan fingerprint density at radius 3 is 2.29 bits per heavy atom. The Morgan fingerprint density at radius 2 is 1.68 bits per heavy atom. The Labute approximate surface area is 197 Å². The number of alkyl halides is 2. The second-order valence-corrected chi connectivity index (χ2v) is 6.15.